The molecule has 2 aromatic rings. The van der Waals surface area contributed by atoms with Crippen molar-refractivity contribution >= 4 is 28.7 Å². The van der Waals surface area contributed by atoms with Gasteiger partial charge in [0.15, 0.2) is 5.78 Å². The van der Waals surface area contributed by atoms with Crippen LogP contribution in [0.1, 0.15) is 23.1 Å². The third-order valence-electron chi connectivity index (χ3n) is 2.38. The Bertz CT molecular complexity index is 547. The van der Waals surface area contributed by atoms with Gasteiger partial charge >= 0.3 is 0 Å². The van der Waals surface area contributed by atoms with Crippen molar-refractivity contribution in [2.24, 2.45) is 7.05 Å². The number of hydrogen-bond donors (Lipinski definition) is 0. The van der Waals surface area contributed by atoms with Crippen molar-refractivity contribution in [3.05, 3.63) is 23.0 Å². The maximum absolute atomic E-state index is 11.4. The molecule has 0 saturated carbocycles. The summed E-state index contributed by atoms with van der Waals surface area (Å²) in [5, 5.41) is 6.92. The molecule has 0 saturated heterocycles. The Labute approximate surface area is 108 Å². The van der Waals surface area contributed by atoms with Crippen LogP contribution in [0, 0.1) is 0 Å². The number of carbonyl (C=O) groups is 1. The minimum absolute atomic E-state index is 0.0309. The van der Waals surface area contributed by atoms with Gasteiger partial charge in [0.25, 0.3) is 0 Å². The topological polar surface area (TPSA) is 47.8 Å². The summed E-state index contributed by atoms with van der Waals surface area (Å²) < 4.78 is 1.76. The van der Waals surface area contributed by atoms with Crippen LogP contribution in [0.25, 0.3) is 10.6 Å². The van der Waals surface area contributed by atoms with Gasteiger partial charge in [-0.1, -0.05) is 6.92 Å². The fourth-order valence-electron chi connectivity index (χ4n) is 1.57. The molecule has 0 bridgehead atoms. The van der Waals surface area contributed by atoms with E-state index in [0.29, 0.717) is 5.69 Å². The minimum atomic E-state index is -0.142. The van der Waals surface area contributed by atoms with Gasteiger partial charge in [0, 0.05) is 18.6 Å². The van der Waals surface area contributed by atoms with Gasteiger partial charge in [0.2, 0.25) is 0 Å². The second kappa shape index (κ2) is 4.98. The molecule has 0 atom stereocenters. The first kappa shape index (κ1) is 12.3. The molecule has 0 aliphatic carbocycles. The quantitative estimate of drug-likeness (QED) is 0.633. The van der Waals surface area contributed by atoms with Gasteiger partial charge in [-0.3, -0.25) is 9.48 Å². The average Bonchev–Trinajstić information content (AvgIpc) is 2.93. The Morgan fingerprint density at radius 2 is 2.35 bits per heavy atom. The second-order valence-electron chi connectivity index (χ2n) is 3.61. The molecule has 2 heterocycles. The maximum Gasteiger partial charge on any atom is 0.196 e. The summed E-state index contributed by atoms with van der Waals surface area (Å²) in [5.74, 6) is -0.173. The summed E-state index contributed by atoms with van der Waals surface area (Å²) in [6.45, 7) is 2.05. The van der Waals surface area contributed by atoms with E-state index in [9.17, 15) is 4.79 Å². The highest BCUT2D eigenvalue weighted by atomic mass is 35.5. The monoisotopic (exact) mass is 269 g/mol. The van der Waals surface area contributed by atoms with E-state index >= 15 is 0 Å². The van der Waals surface area contributed by atoms with E-state index in [-0.39, 0.29) is 11.7 Å². The van der Waals surface area contributed by atoms with E-state index in [4.69, 9.17) is 11.6 Å². The predicted molar refractivity (Wildman–Crippen MR) is 68.7 cm³/mol. The van der Waals surface area contributed by atoms with Crippen LogP contribution < -0.4 is 0 Å². The molecule has 90 valence electrons. The maximum atomic E-state index is 11.4. The zero-order chi connectivity index (χ0) is 12.4. The summed E-state index contributed by atoms with van der Waals surface area (Å²) in [5.41, 5.74) is 2.42. The number of nitrogens with zero attached hydrogens (tertiary/aromatic N) is 3. The normalized spacial score (nSPS) is 10.8. The number of alkyl halides is 1. The van der Waals surface area contributed by atoms with E-state index in [1.165, 1.54) is 11.3 Å². The molecule has 0 aromatic carbocycles. The zero-order valence-corrected chi connectivity index (χ0v) is 11.2. The Hall–Kier alpha value is -1.20. The number of Topliss-reactive ketones (excluding diaryl/α,β-unsaturated/α-hetero) is 1. The van der Waals surface area contributed by atoms with Crippen LogP contribution in [0.15, 0.2) is 11.6 Å². The summed E-state index contributed by atoms with van der Waals surface area (Å²) in [6.07, 6.45) is 2.77. The molecular weight excluding hydrogens is 258 g/mol. The number of halogens is 1. The molecule has 0 unspecified atom stereocenters. The number of thiazole rings is 1. The van der Waals surface area contributed by atoms with Crippen LogP contribution in [0.5, 0.6) is 0 Å². The van der Waals surface area contributed by atoms with E-state index in [1.54, 1.807) is 10.1 Å². The lowest BCUT2D eigenvalue weighted by atomic mass is 10.2. The highest BCUT2D eigenvalue weighted by molar-refractivity contribution is 7.13. The molecule has 2 rings (SSSR count). The van der Waals surface area contributed by atoms with Gasteiger partial charge in [-0.25, -0.2) is 4.98 Å². The molecule has 0 aliphatic rings. The largest absolute Gasteiger partial charge is 0.291 e. The lowest BCUT2D eigenvalue weighted by molar-refractivity contribution is 0.101. The van der Waals surface area contributed by atoms with Gasteiger partial charge in [-0.15, -0.1) is 22.9 Å². The summed E-state index contributed by atoms with van der Waals surface area (Å²) in [7, 11) is 1.88. The number of carbonyl (C=O) groups excluding carboxylic acids is 1. The second-order valence-corrected chi connectivity index (χ2v) is 4.74. The summed E-state index contributed by atoms with van der Waals surface area (Å²) >= 11 is 6.95. The first-order chi connectivity index (χ1) is 8.15. The molecule has 0 spiro atoms. The predicted octanol–water partition coefficient (Wildman–Crippen LogP) is 2.53. The average molecular weight is 270 g/mol. The molecule has 0 fully saturated rings. The Balaban J connectivity index is 2.39. The molecule has 0 radical (unpaired) electrons. The molecule has 0 aliphatic heterocycles. The highest BCUT2D eigenvalue weighted by Crippen LogP contribution is 2.26. The molecule has 4 nitrogen and oxygen atoms in total. The molecule has 6 heteroatoms. The number of rotatable bonds is 4. The van der Waals surface area contributed by atoms with Crippen molar-refractivity contribution in [3.8, 4) is 10.6 Å². The van der Waals surface area contributed by atoms with Crippen molar-refractivity contribution in [3.63, 3.8) is 0 Å². The third-order valence-corrected chi connectivity index (χ3v) is 3.50. The number of hydrogen-bond acceptors (Lipinski definition) is 4. The van der Waals surface area contributed by atoms with Gasteiger partial charge in [-0.05, 0) is 6.42 Å². The van der Waals surface area contributed by atoms with Crippen molar-refractivity contribution < 1.29 is 4.79 Å². The lowest BCUT2D eigenvalue weighted by Crippen LogP contribution is -2.00. The standard InChI is InChI=1S/C11H12ClN3OS/c1-3-8-7(5-15(2)14-8)11-13-9(6-17-11)10(16)4-12/h5-6H,3-4H2,1-2H3. The zero-order valence-electron chi connectivity index (χ0n) is 9.61. The first-order valence-corrected chi connectivity index (χ1v) is 6.64. The number of aromatic nitrogens is 3. The van der Waals surface area contributed by atoms with Gasteiger partial charge in [0.1, 0.15) is 10.7 Å². The van der Waals surface area contributed by atoms with Crippen molar-refractivity contribution in [2.75, 3.05) is 5.88 Å². The first-order valence-electron chi connectivity index (χ1n) is 5.23. The van der Waals surface area contributed by atoms with Crippen LogP contribution >= 0.6 is 22.9 Å². The van der Waals surface area contributed by atoms with E-state index in [2.05, 4.69) is 10.1 Å². The van der Waals surface area contributed by atoms with Gasteiger partial charge in [-0.2, -0.15) is 5.10 Å². The van der Waals surface area contributed by atoms with Crippen LogP contribution in [0.3, 0.4) is 0 Å². The molecule has 0 N–H and O–H groups in total. The van der Waals surface area contributed by atoms with Crippen LogP contribution in [-0.4, -0.2) is 26.4 Å². The Morgan fingerprint density at radius 3 is 3.00 bits per heavy atom. The number of ketones is 1. The molecule has 0 amide bonds. The third kappa shape index (κ3) is 2.40. The smallest absolute Gasteiger partial charge is 0.196 e. The van der Waals surface area contributed by atoms with Gasteiger partial charge in [0.05, 0.1) is 17.1 Å². The number of aryl methyl sites for hydroxylation is 2. The van der Waals surface area contributed by atoms with Crippen molar-refractivity contribution in [2.45, 2.75) is 13.3 Å². The summed E-state index contributed by atoms with van der Waals surface area (Å²) in [4.78, 5) is 15.7. The Kier molecular flexibility index (Phi) is 3.59. The molecular formula is C11H12ClN3OS. The van der Waals surface area contributed by atoms with Crippen LogP contribution in [-0.2, 0) is 13.5 Å². The SMILES string of the molecule is CCc1nn(C)cc1-c1nc(C(=O)CCl)cs1. The van der Waals surface area contributed by atoms with Gasteiger partial charge < -0.3 is 0 Å². The fraction of sp³-hybridized carbons (Fsp3) is 0.364. The molecule has 2 aromatic heterocycles. The molecule has 17 heavy (non-hydrogen) atoms. The minimum Gasteiger partial charge on any atom is -0.291 e. The highest BCUT2D eigenvalue weighted by Gasteiger charge is 2.14. The van der Waals surface area contributed by atoms with Crippen LogP contribution in [0.2, 0.25) is 0 Å². The van der Waals surface area contributed by atoms with E-state index in [0.717, 1.165) is 22.7 Å². The Morgan fingerprint density at radius 1 is 1.59 bits per heavy atom. The van der Waals surface area contributed by atoms with Crippen LogP contribution in [0.4, 0.5) is 0 Å². The van der Waals surface area contributed by atoms with E-state index < -0.39 is 0 Å². The summed E-state index contributed by atoms with van der Waals surface area (Å²) in [6, 6.07) is 0. The van der Waals surface area contributed by atoms with Crippen molar-refractivity contribution in [1.82, 2.24) is 14.8 Å². The van der Waals surface area contributed by atoms with Crippen molar-refractivity contribution in [1.29, 1.82) is 0 Å². The lowest BCUT2D eigenvalue weighted by Gasteiger charge is -1.93. The fourth-order valence-corrected chi connectivity index (χ4v) is 2.56. The van der Waals surface area contributed by atoms with E-state index in [1.807, 2.05) is 20.2 Å².